The lowest BCUT2D eigenvalue weighted by Crippen LogP contribution is -2.27. The van der Waals surface area contributed by atoms with Crippen LogP contribution in [0.2, 0.25) is 0 Å². The van der Waals surface area contributed by atoms with E-state index in [1.807, 2.05) is 38.4 Å². The van der Waals surface area contributed by atoms with E-state index < -0.39 is 0 Å². The van der Waals surface area contributed by atoms with E-state index in [4.69, 9.17) is 0 Å². The van der Waals surface area contributed by atoms with Crippen molar-refractivity contribution in [1.82, 2.24) is 14.7 Å². The summed E-state index contributed by atoms with van der Waals surface area (Å²) in [6.07, 6.45) is 3.48. The number of aryl methyl sites for hydroxylation is 1. The lowest BCUT2D eigenvalue weighted by molar-refractivity contribution is 0.158. The van der Waals surface area contributed by atoms with Gasteiger partial charge >= 0.3 is 0 Å². The van der Waals surface area contributed by atoms with E-state index in [0.717, 1.165) is 4.90 Å². The average molecular weight is 215 g/mol. The molecule has 80 valence electrons. The first-order valence-corrected chi connectivity index (χ1v) is 5.50. The van der Waals surface area contributed by atoms with Gasteiger partial charge in [-0.1, -0.05) is 0 Å². The number of aliphatic hydroxyl groups is 1. The molecule has 0 aliphatic rings. The Labute approximate surface area is 88.9 Å². The summed E-state index contributed by atoms with van der Waals surface area (Å²) < 4.78 is 1.76. The molecule has 5 heteroatoms. The van der Waals surface area contributed by atoms with E-state index >= 15 is 0 Å². The molecule has 0 spiro atoms. The van der Waals surface area contributed by atoms with Crippen LogP contribution in [0.1, 0.15) is 0 Å². The molecule has 0 fully saturated rings. The van der Waals surface area contributed by atoms with Crippen molar-refractivity contribution in [2.45, 2.75) is 11.0 Å². The molecule has 0 amide bonds. The molecule has 1 atom stereocenters. The second-order valence-corrected chi connectivity index (χ2v) is 4.67. The Kier molecular flexibility index (Phi) is 4.44. The molecule has 0 radical (unpaired) electrons. The smallest absolute Gasteiger partial charge is 0.0760 e. The molecule has 14 heavy (non-hydrogen) atoms. The first kappa shape index (κ1) is 11.6. The van der Waals surface area contributed by atoms with Crippen LogP contribution in [0.25, 0.3) is 0 Å². The van der Waals surface area contributed by atoms with Gasteiger partial charge in [0.2, 0.25) is 0 Å². The summed E-state index contributed by atoms with van der Waals surface area (Å²) in [6, 6.07) is 0. The molecule has 0 saturated heterocycles. The minimum Gasteiger partial charge on any atom is -0.391 e. The van der Waals surface area contributed by atoms with Crippen molar-refractivity contribution in [2.75, 3.05) is 26.4 Å². The van der Waals surface area contributed by atoms with E-state index in [1.54, 1.807) is 16.4 Å². The molecular weight excluding hydrogens is 198 g/mol. The predicted octanol–water partition coefficient (Wildman–Crippen LogP) is 0.435. The molecule has 4 nitrogen and oxygen atoms in total. The first-order valence-electron chi connectivity index (χ1n) is 4.52. The fourth-order valence-corrected chi connectivity index (χ4v) is 1.98. The van der Waals surface area contributed by atoms with E-state index in [2.05, 4.69) is 5.10 Å². The third-order valence-electron chi connectivity index (χ3n) is 1.70. The van der Waals surface area contributed by atoms with Crippen LogP contribution in [0.5, 0.6) is 0 Å². The minimum atomic E-state index is -0.282. The second kappa shape index (κ2) is 5.38. The number of nitrogens with zero attached hydrogens (tertiary/aromatic N) is 3. The zero-order valence-electron chi connectivity index (χ0n) is 8.84. The Hall–Kier alpha value is -0.520. The maximum Gasteiger partial charge on any atom is 0.0760 e. The third-order valence-corrected chi connectivity index (χ3v) is 2.80. The van der Waals surface area contributed by atoms with Gasteiger partial charge in [-0.05, 0) is 14.1 Å². The van der Waals surface area contributed by atoms with Crippen LogP contribution in [0, 0.1) is 0 Å². The number of thioether (sulfide) groups is 1. The number of hydrogen-bond acceptors (Lipinski definition) is 4. The largest absolute Gasteiger partial charge is 0.391 e. The summed E-state index contributed by atoms with van der Waals surface area (Å²) in [7, 11) is 5.80. The SMILES string of the molecule is CN(C)C[C@@H](O)CSc1cnn(C)c1. The number of likely N-dealkylation sites (N-methyl/N-ethyl adjacent to an activating group) is 1. The molecule has 0 bridgehead atoms. The minimum absolute atomic E-state index is 0.282. The standard InChI is InChI=1S/C9H17N3OS/c1-11(2)5-8(13)7-14-9-4-10-12(3)6-9/h4,6,8,13H,5,7H2,1-3H3/t8-/m1/s1. The number of hydrogen-bond donors (Lipinski definition) is 1. The highest BCUT2D eigenvalue weighted by molar-refractivity contribution is 7.99. The average Bonchev–Trinajstić information content (AvgIpc) is 2.47. The molecule has 1 heterocycles. The Morgan fingerprint density at radius 3 is 2.86 bits per heavy atom. The summed E-state index contributed by atoms with van der Waals surface area (Å²) in [5.74, 6) is 0.712. The lowest BCUT2D eigenvalue weighted by Gasteiger charge is -2.14. The molecule has 0 aliphatic heterocycles. The van der Waals surface area contributed by atoms with Gasteiger partial charge in [-0.15, -0.1) is 11.8 Å². The van der Waals surface area contributed by atoms with E-state index in [9.17, 15) is 5.11 Å². The van der Waals surface area contributed by atoms with Crippen molar-refractivity contribution in [3.8, 4) is 0 Å². The fraction of sp³-hybridized carbons (Fsp3) is 0.667. The van der Waals surface area contributed by atoms with Crippen LogP contribution in [0.4, 0.5) is 0 Å². The number of aliphatic hydroxyl groups excluding tert-OH is 1. The normalized spacial score (nSPS) is 13.5. The summed E-state index contributed by atoms with van der Waals surface area (Å²) in [5, 5.41) is 13.7. The molecular formula is C9H17N3OS. The monoisotopic (exact) mass is 215 g/mol. The summed E-state index contributed by atoms with van der Waals surface area (Å²) in [6.45, 7) is 0.702. The predicted molar refractivity (Wildman–Crippen MR) is 58.5 cm³/mol. The summed E-state index contributed by atoms with van der Waals surface area (Å²) in [5.41, 5.74) is 0. The van der Waals surface area contributed by atoms with E-state index in [1.165, 1.54) is 0 Å². The van der Waals surface area contributed by atoms with Gasteiger partial charge in [0, 0.05) is 30.4 Å². The molecule has 0 saturated carbocycles. The molecule has 0 unspecified atom stereocenters. The molecule has 1 aromatic heterocycles. The van der Waals surface area contributed by atoms with Crippen LogP contribution >= 0.6 is 11.8 Å². The zero-order chi connectivity index (χ0) is 10.6. The second-order valence-electron chi connectivity index (χ2n) is 3.58. The van der Waals surface area contributed by atoms with E-state index in [0.29, 0.717) is 12.3 Å². The molecule has 1 N–H and O–H groups in total. The Morgan fingerprint density at radius 1 is 1.64 bits per heavy atom. The maximum atomic E-state index is 9.60. The highest BCUT2D eigenvalue weighted by Gasteiger charge is 2.06. The van der Waals surface area contributed by atoms with Crippen molar-refractivity contribution in [3.63, 3.8) is 0 Å². The van der Waals surface area contributed by atoms with Crippen molar-refractivity contribution in [2.24, 2.45) is 7.05 Å². The van der Waals surface area contributed by atoms with Gasteiger partial charge < -0.3 is 10.0 Å². The van der Waals surface area contributed by atoms with E-state index in [-0.39, 0.29) is 6.10 Å². The van der Waals surface area contributed by atoms with Crippen LogP contribution in [-0.4, -0.2) is 52.3 Å². The number of rotatable bonds is 5. The summed E-state index contributed by atoms with van der Waals surface area (Å²) >= 11 is 1.63. The van der Waals surface area contributed by atoms with Gasteiger partial charge in [-0.2, -0.15) is 5.10 Å². The highest BCUT2D eigenvalue weighted by Crippen LogP contribution is 2.17. The van der Waals surface area contributed by atoms with Gasteiger partial charge in [0.25, 0.3) is 0 Å². The number of aromatic nitrogens is 2. The van der Waals surface area contributed by atoms with Crippen molar-refractivity contribution < 1.29 is 5.11 Å². The van der Waals surface area contributed by atoms with Gasteiger partial charge in [0.1, 0.15) is 0 Å². The lowest BCUT2D eigenvalue weighted by atomic mass is 10.4. The quantitative estimate of drug-likeness (QED) is 0.723. The van der Waals surface area contributed by atoms with Crippen molar-refractivity contribution in [1.29, 1.82) is 0 Å². The molecule has 0 aliphatic carbocycles. The molecule has 0 aromatic carbocycles. The highest BCUT2D eigenvalue weighted by atomic mass is 32.2. The van der Waals surface area contributed by atoms with Gasteiger partial charge in [0.05, 0.1) is 12.3 Å². The third kappa shape index (κ3) is 4.13. The van der Waals surface area contributed by atoms with Crippen LogP contribution < -0.4 is 0 Å². The van der Waals surface area contributed by atoms with Gasteiger partial charge in [-0.25, -0.2) is 0 Å². The van der Waals surface area contributed by atoms with Crippen LogP contribution in [0.3, 0.4) is 0 Å². The first-order chi connectivity index (χ1) is 6.58. The topological polar surface area (TPSA) is 41.3 Å². The van der Waals surface area contributed by atoms with Crippen LogP contribution in [0.15, 0.2) is 17.3 Å². The zero-order valence-corrected chi connectivity index (χ0v) is 9.66. The van der Waals surface area contributed by atoms with Gasteiger partial charge in [0.15, 0.2) is 0 Å². The Balaban J connectivity index is 2.26. The summed E-state index contributed by atoms with van der Waals surface area (Å²) in [4.78, 5) is 3.08. The maximum absolute atomic E-state index is 9.60. The fourth-order valence-electron chi connectivity index (χ4n) is 1.14. The van der Waals surface area contributed by atoms with Crippen LogP contribution in [-0.2, 0) is 7.05 Å². The Bertz CT molecular complexity index is 275. The van der Waals surface area contributed by atoms with Crippen molar-refractivity contribution in [3.05, 3.63) is 12.4 Å². The van der Waals surface area contributed by atoms with Crippen molar-refractivity contribution >= 4 is 11.8 Å². The molecule has 1 aromatic rings. The Morgan fingerprint density at radius 2 is 2.36 bits per heavy atom. The molecule has 1 rings (SSSR count). The van der Waals surface area contributed by atoms with Gasteiger partial charge in [-0.3, -0.25) is 4.68 Å².